The van der Waals surface area contributed by atoms with Crippen molar-refractivity contribution in [1.82, 2.24) is 0 Å². The second-order valence-corrected chi connectivity index (χ2v) is 2.97. The molecule has 0 fully saturated rings. The summed E-state index contributed by atoms with van der Waals surface area (Å²) in [6.07, 6.45) is 0.383. The number of Topliss-reactive ketones (excluding diaryl/α,β-unsaturated/α-hetero) is 1. The van der Waals surface area contributed by atoms with Gasteiger partial charge in [0, 0.05) is 17.9 Å². The standard InChI is InChI=1S/C10H11ClO2/c1-13-9-4-2-8(3-5-9)10(12)6-7-11/h2-5H,6-7H2,1H3. The molecule has 3 heteroatoms. The Kier molecular flexibility index (Phi) is 3.77. The average molecular weight is 199 g/mol. The molecule has 0 unspecified atom stereocenters. The van der Waals surface area contributed by atoms with Crippen molar-refractivity contribution in [1.29, 1.82) is 0 Å². The molecule has 0 N–H and O–H groups in total. The summed E-state index contributed by atoms with van der Waals surface area (Å²) in [6.45, 7) is 0. The molecule has 0 aliphatic rings. The molecular formula is C10H11ClO2. The largest absolute Gasteiger partial charge is 0.497 e. The molecule has 70 valence electrons. The molecule has 13 heavy (non-hydrogen) atoms. The Labute approximate surface area is 82.5 Å². The van der Waals surface area contributed by atoms with Crippen molar-refractivity contribution in [3.63, 3.8) is 0 Å². The van der Waals surface area contributed by atoms with Gasteiger partial charge in [0.05, 0.1) is 7.11 Å². The molecule has 0 saturated heterocycles. The van der Waals surface area contributed by atoms with Crippen LogP contribution in [0.1, 0.15) is 16.8 Å². The summed E-state index contributed by atoms with van der Waals surface area (Å²) in [5.41, 5.74) is 0.682. The predicted molar refractivity (Wildman–Crippen MR) is 52.7 cm³/mol. The van der Waals surface area contributed by atoms with E-state index < -0.39 is 0 Å². The fraction of sp³-hybridized carbons (Fsp3) is 0.300. The lowest BCUT2D eigenvalue weighted by Gasteiger charge is -2.01. The number of rotatable bonds is 4. The SMILES string of the molecule is COc1ccc(C(=O)CCCl)cc1. The Hall–Kier alpha value is -1.02. The maximum Gasteiger partial charge on any atom is 0.164 e. The number of benzene rings is 1. The molecule has 0 aliphatic carbocycles. The summed E-state index contributed by atoms with van der Waals surface area (Å²) in [5, 5.41) is 0. The monoisotopic (exact) mass is 198 g/mol. The Morgan fingerprint density at radius 3 is 2.46 bits per heavy atom. The van der Waals surface area contributed by atoms with E-state index in [1.165, 1.54) is 0 Å². The summed E-state index contributed by atoms with van der Waals surface area (Å²) in [5.74, 6) is 1.19. The molecular weight excluding hydrogens is 188 g/mol. The van der Waals surface area contributed by atoms with Crippen molar-refractivity contribution in [2.24, 2.45) is 0 Å². The highest BCUT2D eigenvalue weighted by molar-refractivity contribution is 6.19. The first kappa shape index (κ1) is 10.1. The lowest BCUT2D eigenvalue weighted by Crippen LogP contribution is -1.99. The molecule has 0 spiro atoms. The number of carbonyl (C=O) groups excluding carboxylic acids is 1. The van der Waals surface area contributed by atoms with Crippen molar-refractivity contribution in [3.05, 3.63) is 29.8 Å². The first-order valence-electron chi connectivity index (χ1n) is 4.01. The van der Waals surface area contributed by atoms with Crippen molar-refractivity contribution in [2.75, 3.05) is 13.0 Å². The zero-order valence-corrected chi connectivity index (χ0v) is 8.17. The van der Waals surface area contributed by atoms with Crippen LogP contribution in [0.5, 0.6) is 5.75 Å². The van der Waals surface area contributed by atoms with E-state index in [9.17, 15) is 4.79 Å². The van der Waals surface area contributed by atoms with E-state index in [-0.39, 0.29) is 5.78 Å². The molecule has 0 aliphatic heterocycles. The Morgan fingerprint density at radius 1 is 1.38 bits per heavy atom. The minimum atomic E-state index is 0.0673. The van der Waals surface area contributed by atoms with Crippen LogP contribution in [0.4, 0.5) is 0 Å². The van der Waals surface area contributed by atoms with Gasteiger partial charge in [0.15, 0.2) is 5.78 Å². The molecule has 0 radical (unpaired) electrons. The van der Waals surface area contributed by atoms with Crippen LogP contribution in [0.25, 0.3) is 0 Å². The van der Waals surface area contributed by atoms with E-state index in [0.29, 0.717) is 17.9 Å². The second-order valence-electron chi connectivity index (χ2n) is 2.59. The van der Waals surface area contributed by atoms with Crippen LogP contribution in [0, 0.1) is 0 Å². The number of alkyl halides is 1. The predicted octanol–water partition coefficient (Wildman–Crippen LogP) is 2.51. The third-order valence-corrected chi connectivity index (χ3v) is 1.92. The number of hydrogen-bond acceptors (Lipinski definition) is 2. The van der Waals surface area contributed by atoms with Crippen LogP contribution in [-0.4, -0.2) is 18.8 Å². The summed E-state index contributed by atoms with van der Waals surface area (Å²) in [4.78, 5) is 11.3. The molecule has 0 bridgehead atoms. The van der Waals surface area contributed by atoms with Gasteiger partial charge in [0.25, 0.3) is 0 Å². The van der Waals surface area contributed by atoms with Gasteiger partial charge in [-0.15, -0.1) is 11.6 Å². The van der Waals surface area contributed by atoms with Gasteiger partial charge in [-0.2, -0.15) is 0 Å². The molecule has 0 amide bonds. The van der Waals surface area contributed by atoms with Crippen LogP contribution in [0.2, 0.25) is 0 Å². The third kappa shape index (κ3) is 2.74. The fourth-order valence-corrected chi connectivity index (χ4v) is 1.18. The van der Waals surface area contributed by atoms with Gasteiger partial charge in [0.1, 0.15) is 5.75 Å². The summed E-state index contributed by atoms with van der Waals surface area (Å²) in [6, 6.07) is 7.02. The van der Waals surface area contributed by atoms with Gasteiger partial charge < -0.3 is 4.74 Å². The van der Waals surface area contributed by atoms with E-state index >= 15 is 0 Å². The quantitative estimate of drug-likeness (QED) is 0.549. The second kappa shape index (κ2) is 4.87. The normalized spacial score (nSPS) is 9.69. The Bertz CT molecular complexity index is 279. The molecule has 0 heterocycles. The van der Waals surface area contributed by atoms with Crippen molar-refractivity contribution >= 4 is 17.4 Å². The summed E-state index contributed by atoms with van der Waals surface area (Å²) in [7, 11) is 1.59. The summed E-state index contributed by atoms with van der Waals surface area (Å²) >= 11 is 5.46. The number of hydrogen-bond donors (Lipinski definition) is 0. The minimum Gasteiger partial charge on any atom is -0.497 e. The van der Waals surface area contributed by atoms with Crippen molar-refractivity contribution in [2.45, 2.75) is 6.42 Å². The lowest BCUT2D eigenvalue weighted by molar-refractivity contribution is 0.0989. The average Bonchev–Trinajstić information content (AvgIpc) is 2.18. The van der Waals surface area contributed by atoms with E-state index in [4.69, 9.17) is 16.3 Å². The molecule has 0 saturated carbocycles. The van der Waals surface area contributed by atoms with Crippen LogP contribution in [-0.2, 0) is 0 Å². The highest BCUT2D eigenvalue weighted by Crippen LogP contribution is 2.12. The summed E-state index contributed by atoms with van der Waals surface area (Å²) < 4.78 is 4.97. The topological polar surface area (TPSA) is 26.3 Å². The number of ketones is 1. The Morgan fingerprint density at radius 2 is 2.00 bits per heavy atom. The third-order valence-electron chi connectivity index (χ3n) is 1.73. The molecule has 0 atom stereocenters. The highest BCUT2D eigenvalue weighted by atomic mass is 35.5. The maximum absolute atomic E-state index is 11.3. The number of ether oxygens (including phenoxy) is 1. The molecule has 1 aromatic carbocycles. The van der Waals surface area contributed by atoms with E-state index in [2.05, 4.69) is 0 Å². The zero-order chi connectivity index (χ0) is 9.68. The van der Waals surface area contributed by atoms with Crippen molar-refractivity contribution < 1.29 is 9.53 Å². The molecule has 0 aromatic heterocycles. The van der Waals surface area contributed by atoms with E-state index in [1.807, 2.05) is 0 Å². The smallest absolute Gasteiger partial charge is 0.164 e. The van der Waals surface area contributed by atoms with Gasteiger partial charge >= 0.3 is 0 Å². The first-order valence-corrected chi connectivity index (χ1v) is 4.54. The fourth-order valence-electron chi connectivity index (χ4n) is 1.01. The highest BCUT2D eigenvalue weighted by Gasteiger charge is 2.03. The maximum atomic E-state index is 11.3. The molecule has 2 nitrogen and oxygen atoms in total. The number of halogens is 1. The van der Waals surface area contributed by atoms with E-state index in [1.54, 1.807) is 31.4 Å². The first-order chi connectivity index (χ1) is 6.27. The van der Waals surface area contributed by atoms with Crippen LogP contribution in [0.3, 0.4) is 0 Å². The van der Waals surface area contributed by atoms with Crippen LogP contribution >= 0.6 is 11.6 Å². The van der Waals surface area contributed by atoms with Gasteiger partial charge in [-0.1, -0.05) is 0 Å². The van der Waals surface area contributed by atoms with Gasteiger partial charge in [-0.05, 0) is 24.3 Å². The van der Waals surface area contributed by atoms with Gasteiger partial charge in [-0.3, -0.25) is 4.79 Å². The lowest BCUT2D eigenvalue weighted by atomic mass is 10.1. The van der Waals surface area contributed by atoms with Crippen molar-refractivity contribution in [3.8, 4) is 5.75 Å². The number of methoxy groups -OCH3 is 1. The molecule has 1 rings (SSSR count). The van der Waals surface area contributed by atoms with E-state index in [0.717, 1.165) is 5.75 Å². The number of carbonyl (C=O) groups is 1. The van der Waals surface area contributed by atoms with Crippen LogP contribution < -0.4 is 4.74 Å². The minimum absolute atomic E-state index is 0.0673. The zero-order valence-electron chi connectivity index (χ0n) is 7.42. The molecule has 1 aromatic rings. The van der Waals surface area contributed by atoms with Gasteiger partial charge in [-0.25, -0.2) is 0 Å². The van der Waals surface area contributed by atoms with Gasteiger partial charge in [0.2, 0.25) is 0 Å². The van der Waals surface area contributed by atoms with Crippen LogP contribution in [0.15, 0.2) is 24.3 Å². The Balaban J connectivity index is 2.74.